The van der Waals surface area contributed by atoms with E-state index in [1.165, 1.54) is 11.3 Å². The van der Waals surface area contributed by atoms with E-state index in [0.717, 1.165) is 34.5 Å². The summed E-state index contributed by atoms with van der Waals surface area (Å²) >= 11 is 3.62. The highest BCUT2D eigenvalue weighted by atomic mass is 128. The number of nitrogens with zero attached hydrogens (tertiary/aromatic N) is 1. The van der Waals surface area contributed by atoms with Crippen LogP contribution in [0.1, 0.15) is 38.4 Å². The average molecular weight is 643 g/mol. The fourth-order valence-electron chi connectivity index (χ4n) is 2.91. The summed E-state index contributed by atoms with van der Waals surface area (Å²) in [6.07, 6.45) is 2.08. The van der Waals surface area contributed by atoms with Gasteiger partial charge < -0.3 is 10.6 Å². The summed E-state index contributed by atoms with van der Waals surface area (Å²) in [4.78, 5) is 26.8. The fraction of sp³-hybridized carbons (Fsp3) is 0.182. The topological polar surface area (TPSA) is 70.6 Å². The van der Waals surface area contributed by atoms with Gasteiger partial charge in [0, 0.05) is 40.8 Å². The minimum Gasteiger partial charge on any atom is -0.349 e. The Hall–Kier alpha value is -1.66. The molecule has 4 rings (SSSR count). The van der Waals surface area contributed by atoms with E-state index in [2.05, 4.69) is 32.4 Å². The van der Waals surface area contributed by atoms with Crippen molar-refractivity contribution in [1.29, 1.82) is 0 Å². The van der Waals surface area contributed by atoms with Gasteiger partial charge in [-0.15, -0.1) is 11.3 Å². The van der Waals surface area contributed by atoms with Gasteiger partial charge in [0.05, 0.1) is 27.6 Å². The standard InChI is InChI=1S/C22H19I2N3O2S/c1-13-2-3-15(21(28)25-16-8-9-16)12-18(13)26-22(29)20-11-10-19(30-20)14-4-6-17(7-5-14)27-24-23/h2-7,10-12,16H,8-9H2,1H3,(H,25,28)(H,26,29). The van der Waals surface area contributed by atoms with Gasteiger partial charge in [-0.3, -0.25) is 9.59 Å². The molecule has 0 radical (unpaired) electrons. The number of thiophene rings is 1. The molecule has 1 saturated carbocycles. The molecule has 1 fully saturated rings. The Kier molecular flexibility index (Phi) is 6.94. The second-order valence-corrected chi connectivity index (χ2v) is 11.5. The molecule has 5 nitrogen and oxygen atoms in total. The normalized spacial score (nSPS) is 13.7. The lowest BCUT2D eigenvalue weighted by Gasteiger charge is -2.10. The van der Waals surface area contributed by atoms with Crippen LogP contribution in [0.3, 0.4) is 0 Å². The first kappa shape index (κ1) is 21.6. The van der Waals surface area contributed by atoms with E-state index in [1.807, 2.05) is 49.4 Å². The van der Waals surface area contributed by atoms with Crippen molar-refractivity contribution in [2.45, 2.75) is 25.8 Å². The lowest BCUT2D eigenvalue weighted by atomic mass is 10.1. The van der Waals surface area contributed by atoms with Crippen LogP contribution in [0, 0.1) is 6.92 Å². The molecule has 1 aliphatic carbocycles. The Morgan fingerprint density at radius 2 is 1.83 bits per heavy atom. The minimum absolute atomic E-state index is 0.0914. The molecule has 30 heavy (non-hydrogen) atoms. The predicted octanol–water partition coefficient (Wildman–Crippen LogP) is 7.00. The zero-order valence-corrected chi connectivity index (χ0v) is 21.2. The number of hydrogen-bond donors (Lipinski definition) is 2. The number of carbonyl (C=O) groups is 2. The maximum absolute atomic E-state index is 12.8. The smallest absolute Gasteiger partial charge is 0.265 e. The Labute approximate surface area is 199 Å². The van der Waals surface area contributed by atoms with Gasteiger partial charge in [0.25, 0.3) is 11.8 Å². The molecule has 3 aromatic rings. The maximum atomic E-state index is 12.8. The molecule has 0 aliphatic heterocycles. The summed E-state index contributed by atoms with van der Waals surface area (Å²) in [5.74, 6) is -0.262. The van der Waals surface area contributed by atoms with Gasteiger partial charge in [0.15, 0.2) is 0 Å². The number of amides is 2. The third-order valence-electron chi connectivity index (χ3n) is 4.77. The highest BCUT2D eigenvalue weighted by molar-refractivity contribution is 15.0. The monoisotopic (exact) mass is 643 g/mol. The van der Waals surface area contributed by atoms with E-state index in [-0.39, 0.29) is 28.9 Å². The molecule has 0 unspecified atom stereocenters. The quantitative estimate of drug-likeness (QED) is 0.284. The van der Waals surface area contributed by atoms with E-state index in [4.69, 9.17) is 0 Å². The lowest BCUT2D eigenvalue weighted by Crippen LogP contribution is -2.25. The molecule has 2 N–H and O–H groups in total. The Morgan fingerprint density at radius 3 is 2.53 bits per heavy atom. The van der Waals surface area contributed by atoms with Crippen molar-refractivity contribution in [1.82, 2.24) is 5.32 Å². The van der Waals surface area contributed by atoms with Gasteiger partial charge in [0.2, 0.25) is 0 Å². The second kappa shape index (κ2) is 9.65. The van der Waals surface area contributed by atoms with Crippen molar-refractivity contribution in [2.24, 2.45) is 3.15 Å². The number of hydrogen-bond acceptors (Lipinski definition) is 4. The van der Waals surface area contributed by atoms with Crippen LogP contribution < -0.4 is 10.6 Å². The van der Waals surface area contributed by atoms with Crippen LogP contribution in [0.2, 0.25) is 0 Å². The van der Waals surface area contributed by atoms with Crippen molar-refractivity contribution in [3.8, 4) is 10.4 Å². The van der Waals surface area contributed by atoms with Crippen molar-refractivity contribution in [3.63, 3.8) is 0 Å². The van der Waals surface area contributed by atoms with Crippen molar-refractivity contribution in [2.75, 3.05) is 5.32 Å². The number of aryl methyl sites for hydroxylation is 1. The van der Waals surface area contributed by atoms with Crippen LogP contribution in [0.15, 0.2) is 57.7 Å². The molecule has 2 amide bonds. The zero-order valence-electron chi connectivity index (χ0n) is 16.1. The van der Waals surface area contributed by atoms with Gasteiger partial charge in [0.1, 0.15) is 0 Å². The van der Waals surface area contributed by atoms with E-state index < -0.39 is 0 Å². The lowest BCUT2D eigenvalue weighted by molar-refractivity contribution is 0.0949. The summed E-state index contributed by atoms with van der Waals surface area (Å²) in [7, 11) is 0. The first-order valence-corrected chi connectivity index (χ1v) is 17.5. The molecule has 2 aromatic carbocycles. The number of rotatable bonds is 6. The van der Waals surface area contributed by atoms with Gasteiger partial charge in [-0.1, -0.05) is 18.2 Å². The molecule has 1 heterocycles. The summed E-state index contributed by atoms with van der Waals surface area (Å²) in [6, 6.07) is 17.6. The van der Waals surface area contributed by atoms with Crippen LogP contribution >= 0.6 is 47.0 Å². The number of nitrogens with one attached hydrogen (secondary N) is 2. The van der Waals surface area contributed by atoms with E-state index in [9.17, 15) is 9.59 Å². The molecule has 1 aliphatic rings. The number of benzene rings is 2. The Bertz CT molecular complexity index is 1120. The molecule has 0 spiro atoms. The van der Waals surface area contributed by atoms with Gasteiger partial charge in [-0.25, -0.2) is 3.15 Å². The average Bonchev–Trinajstić information content (AvgIpc) is 3.41. The van der Waals surface area contributed by atoms with Crippen molar-refractivity contribution >= 4 is 70.2 Å². The molecular weight excluding hydrogens is 624 g/mol. The van der Waals surface area contributed by atoms with E-state index >= 15 is 0 Å². The predicted molar refractivity (Wildman–Crippen MR) is 140 cm³/mol. The van der Waals surface area contributed by atoms with Crippen LogP contribution in [-0.4, -0.2) is 17.9 Å². The summed E-state index contributed by atoms with van der Waals surface area (Å²) in [5, 5.41) is 5.94. The third kappa shape index (κ3) is 5.33. The van der Waals surface area contributed by atoms with E-state index in [1.54, 1.807) is 12.1 Å². The van der Waals surface area contributed by atoms with Crippen LogP contribution in [0.5, 0.6) is 0 Å². The molecular formula is C22H19I2N3O2S. The summed E-state index contributed by atoms with van der Waals surface area (Å²) in [5.41, 5.74) is 4.21. The van der Waals surface area contributed by atoms with Gasteiger partial charge >= 0.3 is 0 Å². The SMILES string of the molecule is Cc1ccc(C(=O)NC2CC2)cc1NC(=O)c1ccc(-c2ccc(/N=I/I)cc2)s1. The van der Waals surface area contributed by atoms with Crippen molar-refractivity contribution < 1.29 is 9.59 Å². The second-order valence-electron chi connectivity index (χ2n) is 7.09. The van der Waals surface area contributed by atoms with E-state index in [0.29, 0.717) is 22.2 Å². The largest absolute Gasteiger partial charge is 0.349 e. The Morgan fingerprint density at radius 1 is 1.07 bits per heavy atom. The molecule has 8 heteroatoms. The van der Waals surface area contributed by atoms with Crippen LogP contribution in [0.4, 0.5) is 11.4 Å². The first-order valence-electron chi connectivity index (χ1n) is 9.43. The summed E-state index contributed by atoms with van der Waals surface area (Å²) in [6.45, 7) is 1.92. The number of carbonyl (C=O) groups excluding carboxylic acids is 2. The Balaban J connectivity index is 1.48. The molecule has 0 saturated heterocycles. The molecule has 1 aromatic heterocycles. The molecule has 154 valence electrons. The summed E-state index contributed by atoms with van der Waals surface area (Å²) < 4.78 is 4.48. The third-order valence-corrected chi connectivity index (χ3v) is 7.87. The van der Waals surface area contributed by atoms with Crippen molar-refractivity contribution in [3.05, 3.63) is 70.6 Å². The zero-order chi connectivity index (χ0) is 21.1. The number of halogens is 2. The maximum Gasteiger partial charge on any atom is 0.265 e. The van der Waals surface area contributed by atoms with Gasteiger partial charge in [-0.2, -0.15) is 0 Å². The minimum atomic E-state index is -0.171. The van der Waals surface area contributed by atoms with Crippen LogP contribution in [-0.2, 0) is 0 Å². The molecule has 0 atom stereocenters. The highest BCUT2D eigenvalue weighted by Crippen LogP contribution is 2.31. The fourth-order valence-corrected chi connectivity index (χ4v) is 5.76. The first-order chi connectivity index (χ1) is 14.5. The number of anilines is 1. The highest BCUT2D eigenvalue weighted by Gasteiger charge is 2.24. The van der Waals surface area contributed by atoms with Crippen LogP contribution in [0.25, 0.3) is 10.4 Å². The van der Waals surface area contributed by atoms with Gasteiger partial charge in [-0.05, 0) is 67.3 Å². The molecule has 0 bridgehead atoms.